The summed E-state index contributed by atoms with van der Waals surface area (Å²) in [5.41, 5.74) is 0.690. The third-order valence-corrected chi connectivity index (χ3v) is 2.41. The normalized spacial score (nSPS) is 8.69. The quantitative estimate of drug-likeness (QED) is 0.651. The maximum absolute atomic E-state index is 11.0. The van der Waals surface area contributed by atoms with Crippen LogP contribution in [-0.4, -0.2) is 13.1 Å². The van der Waals surface area contributed by atoms with Crippen molar-refractivity contribution in [3.63, 3.8) is 0 Å². The number of ether oxygens (including phenoxy) is 1. The minimum absolute atomic E-state index is 0.244. The minimum Gasteiger partial charge on any atom is -0.465 e. The molecule has 0 saturated heterocycles. The summed E-state index contributed by atoms with van der Waals surface area (Å²) < 4.78 is 4.60. The molecule has 2 nitrogen and oxygen atoms in total. The van der Waals surface area contributed by atoms with Gasteiger partial charge in [-0.05, 0) is 19.9 Å². The summed E-state index contributed by atoms with van der Waals surface area (Å²) in [7, 11) is 1.40. The lowest BCUT2D eigenvalue weighted by atomic mass is 10.2. The van der Waals surface area contributed by atoms with Gasteiger partial charge in [0.15, 0.2) is 0 Å². The number of hydrogen-bond acceptors (Lipinski definition) is 3. The molecule has 13 heavy (non-hydrogen) atoms. The first-order valence-electron chi connectivity index (χ1n) is 4.30. The van der Waals surface area contributed by atoms with Crippen LogP contribution in [0.5, 0.6) is 0 Å². The van der Waals surface area contributed by atoms with Gasteiger partial charge >= 0.3 is 5.97 Å². The van der Waals surface area contributed by atoms with E-state index in [9.17, 15) is 4.79 Å². The molecule has 1 rings (SSSR count). The van der Waals surface area contributed by atoms with Crippen LogP contribution < -0.4 is 0 Å². The molecule has 0 aromatic carbocycles. The second kappa shape index (κ2) is 5.75. The zero-order valence-corrected chi connectivity index (χ0v) is 9.62. The van der Waals surface area contributed by atoms with E-state index in [1.807, 2.05) is 33.8 Å². The molecule has 0 saturated carbocycles. The summed E-state index contributed by atoms with van der Waals surface area (Å²) in [6.45, 7) is 7.90. The zero-order valence-electron chi connectivity index (χ0n) is 8.80. The standard InChI is InChI=1S/C8H10O2S.C2H6/c1-5-4-7(6(2)11-5)8(9)10-3;1-2/h4H,1-3H3;1-2H3. The Morgan fingerprint density at radius 3 is 2.23 bits per heavy atom. The molecule has 1 aromatic rings. The first-order chi connectivity index (χ1) is 6.15. The molecular formula is C10H16O2S. The summed E-state index contributed by atoms with van der Waals surface area (Å²) in [5.74, 6) is -0.244. The number of esters is 1. The van der Waals surface area contributed by atoms with Crippen LogP contribution in [0.1, 0.15) is 34.0 Å². The third kappa shape index (κ3) is 3.19. The third-order valence-electron chi connectivity index (χ3n) is 1.45. The fourth-order valence-electron chi connectivity index (χ4n) is 0.943. The van der Waals surface area contributed by atoms with Gasteiger partial charge < -0.3 is 4.74 Å². The van der Waals surface area contributed by atoms with Gasteiger partial charge in [-0.15, -0.1) is 11.3 Å². The maximum Gasteiger partial charge on any atom is 0.338 e. The van der Waals surface area contributed by atoms with Crippen LogP contribution in [0.4, 0.5) is 0 Å². The molecule has 0 bridgehead atoms. The van der Waals surface area contributed by atoms with Crippen molar-refractivity contribution in [1.82, 2.24) is 0 Å². The largest absolute Gasteiger partial charge is 0.465 e. The second-order valence-corrected chi connectivity index (χ2v) is 3.78. The average Bonchev–Trinajstić information content (AvgIpc) is 2.47. The van der Waals surface area contributed by atoms with Gasteiger partial charge in [0.1, 0.15) is 0 Å². The molecule has 0 amide bonds. The van der Waals surface area contributed by atoms with Crippen LogP contribution in [-0.2, 0) is 4.74 Å². The molecule has 1 aromatic heterocycles. The molecule has 0 fully saturated rings. The van der Waals surface area contributed by atoms with E-state index in [0.717, 1.165) is 9.75 Å². The van der Waals surface area contributed by atoms with E-state index in [2.05, 4.69) is 4.74 Å². The van der Waals surface area contributed by atoms with Gasteiger partial charge in [-0.2, -0.15) is 0 Å². The Bertz CT molecular complexity index is 276. The lowest BCUT2D eigenvalue weighted by Crippen LogP contribution is -2.00. The number of thiophene rings is 1. The van der Waals surface area contributed by atoms with E-state index in [1.165, 1.54) is 7.11 Å². The van der Waals surface area contributed by atoms with Gasteiger partial charge in [0, 0.05) is 9.75 Å². The number of hydrogen-bond donors (Lipinski definition) is 0. The monoisotopic (exact) mass is 200 g/mol. The van der Waals surface area contributed by atoms with Crippen molar-refractivity contribution in [1.29, 1.82) is 0 Å². The van der Waals surface area contributed by atoms with Crippen LogP contribution in [0, 0.1) is 13.8 Å². The van der Waals surface area contributed by atoms with Crippen molar-refractivity contribution >= 4 is 17.3 Å². The van der Waals surface area contributed by atoms with E-state index in [4.69, 9.17) is 0 Å². The summed E-state index contributed by atoms with van der Waals surface area (Å²) in [5, 5.41) is 0. The number of carbonyl (C=O) groups excluding carboxylic acids is 1. The topological polar surface area (TPSA) is 26.3 Å². The number of rotatable bonds is 1. The Morgan fingerprint density at radius 1 is 1.38 bits per heavy atom. The molecular weight excluding hydrogens is 184 g/mol. The fraction of sp³-hybridized carbons (Fsp3) is 0.500. The second-order valence-electron chi connectivity index (χ2n) is 2.32. The van der Waals surface area contributed by atoms with Crippen LogP contribution in [0.3, 0.4) is 0 Å². The highest BCUT2D eigenvalue weighted by Crippen LogP contribution is 2.20. The van der Waals surface area contributed by atoms with E-state index >= 15 is 0 Å². The smallest absolute Gasteiger partial charge is 0.338 e. The molecule has 0 spiro atoms. The van der Waals surface area contributed by atoms with Gasteiger partial charge in [-0.25, -0.2) is 4.79 Å². The van der Waals surface area contributed by atoms with Gasteiger partial charge in [0.25, 0.3) is 0 Å². The number of methoxy groups -OCH3 is 1. The Balaban J connectivity index is 0.000000671. The van der Waals surface area contributed by atoms with Crippen LogP contribution in [0.2, 0.25) is 0 Å². The van der Waals surface area contributed by atoms with Gasteiger partial charge in [0.05, 0.1) is 12.7 Å². The molecule has 3 heteroatoms. The van der Waals surface area contributed by atoms with Crippen LogP contribution in [0.25, 0.3) is 0 Å². The molecule has 0 aliphatic heterocycles. The van der Waals surface area contributed by atoms with Crippen molar-refractivity contribution in [2.45, 2.75) is 27.7 Å². The Morgan fingerprint density at radius 2 is 1.92 bits per heavy atom. The van der Waals surface area contributed by atoms with Crippen molar-refractivity contribution in [3.8, 4) is 0 Å². The molecule has 0 N–H and O–H groups in total. The fourth-order valence-corrected chi connectivity index (χ4v) is 1.86. The molecule has 0 aliphatic carbocycles. The van der Waals surface area contributed by atoms with Crippen molar-refractivity contribution < 1.29 is 9.53 Å². The minimum atomic E-state index is -0.244. The predicted molar refractivity (Wildman–Crippen MR) is 56.5 cm³/mol. The van der Waals surface area contributed by atoms with E-state index in [-0.39, 0.29) is 5.97 Å². The Kier molecular flexibility index (Phi) is 5.39. The van der Waals surface area contributed by atoms with Gasteiger partial charge in [-0.3, -0.25) is 0 Å². The van der Waals surface area contributed by atoms with Crippen molar-refractivity contribution in [2.24, 2.45) is 0 Å². The van der Waals surface area contributed by atoms with Crippen LogP contribution in [0.15, 0.2) is 6.07 Å². The molecule has 74 valence electrons. The summed E-state index contributed by atoms with van der Waals surface area (Å²) >= 11 is 1.61. The van der Waals surface area contributed by atoms with Gasteiger partial charge in [0.2, 0.25) is 0 Å². The lowest BCUT2D eigenvalue weighted by Gasteiger charge is -1.94. The number of carbonyl (C=O) groups is 1. The summed E-state index contributed by atoms with van der Waals surface area (Å²) in [6, 6.07) is 1.85. The zero-order chi connectivity index (χ0) is 10.4. The highest BCUT2D eigenvalue weighted by molar-refractivity contribution is 7.12. The maximum atomic E-state index is 11.0. The molecule has 0 atom stereocenters. The lowest BCUT2D eigenvalue weighted by molar-refractivity contribution is 0.0600. The predicted octanol–water partition coefficient (Wildman–Crippen LogP) is 3.18. The highest BCUT2D eigenvalue weighted by Gasteiger charge is 2.10. The van der Waals surface area contributed by atoms with Gasteiger partial charge in [-0.1, -0.05) is 13.8 Å². The van der Waals surface area contributed by atoms with Crippen LogP contribution >= 0.6 is 11.3 Å². The molecule has 0 aliphatic rings. The summed E-state index contributed by atoms with van der Waals surface area (Å²) in [6.07, 6.45) is 0. The first kappa shape index (κ1) is 12.2. The van der Waals surface area contributed by atoms with Crippen molar-refractivity contribution in [3.05, 3.63) is 21.4 Å². The highest BCUT2D eigenvalue weighted by atomic mass is 32.1. The number of aryl methyl sites for hydroxylation is 2. The molecule has 0 radical (unpaired) electrons. The molecule has 1 heterocycles. The van der Waals surface area contributed by atoms with E-state index in [1.54, 1.807) is 11.3 Å². The SMILES string of the molecule is CC.COC(=O)c1cc(C)sc1C. The summed E-state index contributed by atoms with van der Waals surface area (Å²) in [4.78, 5) is 13.2. The first-order valence-corrected chi connectivity index (χ1v) is 5.12. The molecule has 0 unspecified atom stereocenters. The Labute approximate surface area is 83.5 Å². The van der Waals surface area contributed by atoms with E-state index < -0.39 is 0 Å². The van der Waals surface area contributed by atoms with E-state index in [0.29, 0.717) is 5.56 Å². The average molecular weight is 200 g/mol. The Hall–Kier alpha value is -0.830. The van der Waals surface area contributed by atoms with Crippen molar-refractivity contribution in [2.75, 3.05) is 7.11 Å².